The van der Waals surface area contributed by atoms with Crippen molar-refractivity contribution in [2.24, 2.45) is 5.92 Å². The second-order valence-electron chi connectivity index (χ2n) is 7.46. The van der Waals surface area contributed by atoms with Crippen LogP contribution < -0.4 is 10.1 Å². The lowest BCUT2D eigenvalue weighted by molar-refractivity contribution is 0.100. The molecule has 0 aliphatic carbocycles. The van der Waals surface area contributed by atoms with Crippen LogP contribution in [0.4, 0.5) is 0 Å². The number of ether oxygens (including phenoxy) is 1. The van der Waals surface area contributed by atoms with E-state index in [9.17, 15) is 5.11 Å². The third-order valence-electron chi connectivity index (χ3n) is 3.44. The first-order valence-electron chi connectivity index (χ1n) is 8.19. The molecule has 0 amide bonds. The van der Waals surface area contributed by atoms with E-state index in [-0.39, 0.29) is 12.1 Å². The molecule has 2 aromatic rings. The van der Waals surface area contributed by atoms with E-state index in [1.807, 2.05) is 18.2 Å². The van der Waals surface area contributed by atoms with Gasteiger partial charge in [0, 0.05) is 17.5 Å². The summed E-state index contributed by atoms with van der Waals surface area (Å²) in [5.74, 6) is 1.14. The topological polar surface area (TPSA) is 67.5 Å². The molecule has 0 fully saturated rings. The van der Waals surface area contributed by atoms with Crippen molar-refractivity contribution in [1.29, 1.82) is 0 Å². The Bertz CT molecular complexity index is 629. The van der Waals surface area contributed by atoms with Gasteiger partial charge >= 0.3 is 0 Å². The Morgan fingerprint density at radius 2 is 2.04 bits per heavy atom. The van der Waals surface area contributed by atoms with Gasteiger partial charge in [-0.15, -0.1) is 0 Å². The van der Waals surface area contributed by atoms with Gasteiger partial charge in [0.2, 0.25) is 5.58 Å². The molecule has 0 radical (unpaired) electrons. The van der Waals surface area contributed by atoms with Gasteiger partial charge in [0.05, 0.1) is 5.69 Å². The smallest absolute Gasteiger partial charge is 0.208 e. The molecular weight excluding hydrogens is 292 g/mol. The van der Waals surface area contributed by atoms with E-state index in [1.165, 1.54) is 0 Å². The summed E-state index contributed by atoms with van der Waals surface area (Å²) >= 11 is 0. The average Bonchev–Trinajstić information content (AvgIpc) is 2.85. The van der Waals surface area contributed by atoms with Crippen molar-refractivity contribution in [1.82, 2.24) is 10.5 Å². The number of benzene rings is 1. The number of aliphatic hydroxyl groups is 1. The molecule has 1 aromatic carbocycles. The Hall–Kier alpha value is -1.59. The van der Waals surface area contributed by atoms with E-state index < -0.39 is 6.10 Å². The van der Waals surface area contributed by atoms with E-state index in [2.05, 4.69) is 45.1 Å². The van der Waals surface area contributed by atoms with Gasteiger partial charge in [-0.2, -0.15) is 0 Å². The van der Waals surface area contributed by atoms with E-state index >= 15 is 0 Å². The number of fused-ring (bicyclic) bond motifs is 1. The fourth-order valence-electron chi connectivity index (χ4n) is 2.30. The fourth-order valence-corrected chi connectivity index (χ4v) is 2.30. The minimum absolute atomic E-state index is 0.0301. The lowest BCUT2D eigenvalue weighted by Crippen LogP contribution is -2.42. The maximum Gasteiger partial charge on any atom is 0.208 e. The van der Waals surface area contributed by atoms with Crippen LogP contribution in [0.2, 0.25) is 0 Å². The van der Waals surface area contributed by atoms with Crippen molar-refractivity contribution in [3.63, 3.8) is 0 Å². The van der Waals surface area contributed by atoms with Crippen molar-refractivity contribution in [2.45, 2.75) is 52.7 Å². The molecule has 0 aliphatic heterocycles. The van der Waals surface area contributed by atoms with Crippen LogP contribution in [0.3, 0.4) is 0 Å². The zero-order valence-electron chi connectivity index (χ0n) is 14.7. The molecule has 5 nitrogen and oxygen atoms in total. The fraction of sp³-hybridized carbons (Fsp3) is 0.611. The lowest BCUT2D eigenvalue weighted by Gasteiger charge is -2.22. The number of nitrogens with zero attached hydrogens (tertiary/aromatic N) is 1. The molecule has 0 bridgehead atoms. The average molecular weight is 320 g/mol. The number of hydrogen-bond acceptors (Lipinski definition) is 5. The molecule has 0 saturated heterocycles. The summed E-state index contributed by atoms with van der Waals surface area (Å²) in [7, 11) is 0. The SMILES string of the molecule is CC(C)Cc1noc2c(OCC(O)CNC(C)(C)C)cccc12. The van der Waals surface area contributed by atoms with E-state index in [4.69, 9.17) is 9.26 Å². The molecule has 0 aliphatic rings. The van der Waals surface area contributed by atoms with Gasteiger partial charge < -0.3 is 19.7 Å². The highest BCUT2D eigenvalue weighted by molar-refractivity contribution is 5.84. The standard InChI is InChI=1S/C18H28N2O3/c1-12(2)9-15-14-7-6-8-16(17(14)23-20-15)22-11-13(21)10-19-18(3,4)5/h6-8,12-13,19,21H,9-11H2,1-5H3. The van der Waals surface area contributed by atoms with E-state index in [0.717, 1.165) is 17.5 Å². The molecule has 0 saturated carbocycles. The first kappa shape index (κ1) is 17.8. The van der Waals surface area contributed by atoms with Crippen molar-refractivity contribution in [2.75, 3.05) is 13.2 Å². The highest BCUT2D eigenvalue weighted by atomic mass is 16.5. The monoisotopic (exact) mass is 320 g/mol. The Morgan fingerprint density at radius 3 is 2.70 bits per heavy atom. The molecule has 5 heteroatoms. The van der Waals surface area contributed by atoms with E-state index in [0.29, 0.717) is 23.8 Å². The second-order valence-corrected chi connectivity index (χ2v) is 7.46. The normalized spacial score (nSPS) is 13.7. The number of para-hydroxylation sites is 1. The zero-order valence-corrected chi connectivity index (χ0v) is 14.7. The Kier molecular flexibility index (Phi) is 5.65. The maximum absolute atomic E-state index is 10.0. The lowest BCUT2D eigenvalue weighted by atomic mass is 10.1. The minimum Gasteiger partial charge on any atom is -0.487 e. The summed E-state index contributed by atoms with van der Waals surface area (Å²) in [6.45, 7) is 11.2. The van der Waals surface area contributed by atoms with Crippen LogP contribution in [0.5, 0.6) is 5.75 Å². The maximum atomic E-state index is 10.0. The number of nitrogens with one attached hydrogen (secondary N) is 1. The first-order valence-corrected chi connectivity index (χ1v) is 8.19. The Balaban J connectivity index is 2.02. The molecule has 2 rings (SSSR count). The van der Waals surface area contributed by atoms with Crippen LogP contribution in [0, 0.1) is 5.92 Å². The first-order chi connectivity index (χ1) is 10.8. The van der Waals surface area contributed by atoms with Crippen molar-refractivity contribution in [3.05, 3.63) is 23.9 Å². The summed E-state index contributed by atoms with van der Waals surface area (Å²) in [6, 6.07) is 5.77. The Morgan fingerprint density at radius 1 is 1.30 bits per heavy atom. The number of rotatable bonds is 7. The van der Waals surface area contributed by atoms with Crippen LogP contribution in [0.25, 0.3) is 11.0 Å². The predicted molar refractivity (Wildman–Crippen MR) is 91.8 cm³/mol. The third-order valence-corrected chi connectivity index (χ3v) is 3.44. The van der Waals surface area contributed by atoms with Crippen LogP contribution in [0.1, 0.15) is 40.3 Å². The van der Waals surface area contributed by atoms with Crippen molar-refractivity contribution in [3.8, 4) is 5.75 Å². The molecule has 23 heavy (non-hydrogen) atoms. The molecular formula is C18H28N2O3. The van der Waals surface area contributed by atoms with Gasteiger partial charge in [-0.25, -0.2) is 0 Å². The van der Waals surface area contributed by atoms with Gasteiger partial charge in [0.1, 0.15) is 12.7 Å². The summed E-state index contributed by atoms with van der Waals surface area (Å²) in [4.78, 5) is 0. The summed E-state index contributed by atoms with van der Waals surface area (Å²) in [5, 5.41) is 18.4. The minimum atomic E-state index is -0.581. The van der Waals surface area contributed by atoms with Gasteiger partial charge in [0.25, 0.3) is 0 Å². The number of β-amino-alcohol motifs (C(OH)–C–C–N with tert-alkyl or cyclic N) is 1. The van der Waals surface area contributed by atoms with Crippen molar-refractivity contribution >= 4 is 11.0 Å². The van der Waals surface area contributed by atoms with Crippen LogP contribution in [-0.2, 0) is 6.42 Å². The highest BCUT2D eigenvalue weighted by Crippen LogP contribution is 2.29. The van der Waals surface area contributed by atoms with Crippen LogP contribution >= 0.6 is 0 Å². The quantitative estimate of drug-likeness (QED) is 0.820. The molecule has 2 N–H and O–H groups in total. The van der Waals surface area contributed by atoms with Gasteiger partial charge in [-0.05, 0) is 45.2 Å². The van der Waals surface area contributed by atoms with Crippen LogP contribution in [-0.4, -0.2) is 35.1 Å². The molecule has 1 atom stereocenters. The van der Waals surface area contributed by atoms with Gasteiger partial charge in [-0.3, -0.25) is 0 Å². The van der Waals surface area contributed by atoms with Gasteiger partial charge in [0.15, 0.2) is 5.75 Å². The summed E-state index contributed by atoms with van der Waals surface area (Å²) in [5.41, 5.74) is 1.58. The van der Waals surface area contributed by atoms with Crippen LogP contribution in [0.15, 0.2) is 22.7 Å². The number of aromatic nitrogens is 1. The van der Waals surface area contributed by atoms with Gasteiger partial charge in [-0.1, -0.05) is 25.1 Å². The van der Waals surface area contributed by atoms with E-state index in [1.54, 1.807) is 0 Å². The summed E-state index contributed by atoms with van der Waals surface area (Å²) in [6.07, 6.45) is 0.289. The number of aliphatic hydroxyl groups excluding tert-OH is 1. The molecule has 0 spiro atoms. The molecule has 1 heterocycles. The largest absolute Gasteiger partial charge is 0.487 e. The van der Waals surface area contributed by atoms with Crippen molar-refractivity contribution < 1.29 is 14.4 Å². The molecule has 1 unspecified atom stereocenters. The molecule has 128 valence electrons. The number of hydrogen-bond donors (Lipinski definition) is 2. The third kappa shape index (κ3) is 5.22. The highest BCUT2D eigenvalue weighted by Gasteiger charge is 2.16. The second kappa shape index (κ2) is 7.32. The summed E-state index contributed by atoms with van der Waals surface area (Å²) < 4.78 is 11.2. The predicted octanol–water partition coefficient (Wildman–Crippen LogP) is 3.15. The zero-order chi connectivity index (χ0) is 17.0. The molecule has 1 aromatic heterocycles. The Labute approximate surface area is 138 Å².